The lowest BCUT2D eigenvalue weighted by Crippen LogP contribution is -2.25. The molecule has 116 valence electrons. The minimum Gasteiger partial charge on any atom is -0.493 e. The van der Waals surface area contributed by atoms with Gasteiger partial charge in [0.25, 0.3) is 11.6 Å². The molecule has 8 heteroatoms. The van der Waals surface area contributed by atoms with E-state index in [0.29, 0.717) is 19.4 Å². The molecule has 0 aliphatic rings. The van der Waals surface area contributed by atoms with E-state index in [1.54, 1.807) is 0 Å². The first-order valence-corrected chi connectivity index (χ1v) is 6.34. The van der Waals surface area contributed by atoms with Crippen LogP contribution in [-0.2, 0) is 0 Å². The highest BCUT2D eigenvalue weighted by Crippen LogP contribution is 2.34. The number of hydrogen-bond acceptors (Lipinski definition) is 6. The van der Waals surface area contributed by atoms with Crippen LogP contribution in [0.15, 0.2) is 12.1 Å². The van der Waals surface area contributed by atoms with Gasteiger partial charge in [0.1, 0.15) is 5.56 Å². The molecule has 0 unspecified atom stereocenters. The Balaban J connectivity index is 3.03. The van der Waals surface area contributed by atoms with Crippen molar-refractivity contribution in [3.8, 4) is 11.5 Å². The number of rotatable bonds is 8. The normalized spacial score (nSPS) is 10.0. The van der Waals surface area contributed by atoms with Crippen molar-refractivity contribution >= 4 is 11.6 Å². The molecule has 1 aromatic carbocycles. The third-order valence-corrected chi connectivity index (χ3v) is 2.81. The summed E-state index contributed by atoms with van der Waals surface area (Å²) in [6, 6.07) is 2.43. The molecular weight excluding hydrogens is 280 g/mol. The summed E-state index contributed by atoms with van der Waals surface area (Å²) in [4.78, 5) is 22.4. The fourth-order valence-corrected chi connectivity index (χ4v) is 1.74. The Morgan fingerprint density at radius 3 is 2.43 bits per heavy atom. The van der Waals surface area contributed by atoms with Crippen molar-refractivity contribution in [3.63, 3.8) is 0 Å². The Hall–Kier alpha value is -2.35. The molecule has 0 radical (unpaired) electrons. The van der Waals surface area contributed by atoms with Gasteiger partial charge < -0.3 is 19.9 Å². The molecule has 2 N–H and O–H groups in total. The largest absolute Gasteiger partial charge is 0.493 e. The molecule has 21 heavy (non-hydrogen) atoms. The van der Waals surface area contributed by atoms with Gasteiger partial charge in [-0.1, -0.05) is 0 Å². The van der Waals surface area contributed by atoms with Crippen LogP contribution in [0.2, 0.25) is 0 Å². The van der Waals surface area contributed by atoms with Crippen molar-refractivity contribution in [2.45, 2.75) is 12.8 Å². The highest BCUT2D eigenvalue weighted by atomic mass is 16.6. The van der Waals surface area contributed by atoms with Gasteiger partial charge in [0.15, 0.2) is 11.5 Å². The zero-order valence-electron chi connectivity index (χ0n) is 11.9. The zero-order chi connectivity index (χ0) is 15.8. The van der Waals surface area contributed by atoms with E-state index in [1.807, 2.05) is 0 Å². The molecule has 0 aliphatic heterocycles. The minimum atomic E-state index is -0.648. The summed E-state index contributed by atoms with van der Waals surface area (Å²) in [5.74, 6) is -0.148. The molecule has 0 heterocycles. The predicted octanol–water partition coefficient (Wildman–Crippen LogP) is 1.11. The summed E-state index contributed by atoms with van der Waals surface area (Å²) in [5, 5.41) is 22.3. The molecule has 0 fully saturated rings. The molecule has 0 aromatic heterocycles. The maximum atomic E-state index is 12.0. The number of unbranched alkanes of at least 4 members (excludes halogenated alkanes) is 1. The van der Waals surface area contributed by atoms with Gasteiger partial charge in [0.05, 0.1) is 25.2 Å². The quantitative estimate of drug-likeness (QED) is 0.422. The molecule has 0 atom stereocenters. The highest BCUT2D eigenvalue weighted by molar-refractivity contribution is 5.99. The van der Waals surface area contributed by atoms with Crippen LogP contribution in [0.3, 0.4) is 0 Å². The second-order valence-electron chi connectivity index (χ2n) is 4.17. The molecule has 0 saturated carbocycles. The van der Waals surface area contributed by atoms with E-state index in [-0.39, 0.29) is 29.4 Å². The Morgan fingerprint density at radius 1 is 1.29 bits per heavy atom. The number of nitro groups is 1. The van der Waals surface area contributed by atoms with Crippen LogP contribution in [0.25, 0.3) is 0 Å². The minimum absolute atomic E-state index is 0.0341. The second-order valence-corrected chi connectivity index (χ2v) is 4.17. The molecule has 1 amide bonds. The van der Waals surface area contributed by atoms with Crippen molar-refractivity contribution in [1.82, 2.24) is 5.32 Å². The summed E-state index contributed by atoms with van der Waals surface area (Å²) < 4.78 is 10.0. The number of ether oxygens (including phenoxy) is 2. The Bertz CT molecular complexity index is 518. The molecule has 1 aromatic rings. The summed E-state index contributed by atoms with van der Waals surface area (Å²) >= 11 is 0. The molecule has 8 nitrogen and oxygen atoms in total. The predicted molar refractivity (Wildman–Crippen MR) is 74.9 cm³/mol. The van der Waals surface area contributed by atoms with E-state index in [2.05, 4.69) is 5.32 Å². The van der Waals surface area contributed by atoms with E-state index in [0.717, 1.165) is 6.07 Å². The average Bonchev–Trinajstić information content (AvgIpc) is 2.49. The highest BCUT2D eigenvalue weighted by Gasteiger charge is 2.24. The molecule has 1 rings (SSSR count). The molecule has 0 bridgehead atoms. The molecule has 0 saturated heterocycles. The number of aliphatic hydroxyl groups is 1. The van der Waals surface area contributed by atoms with Gasteiger partial charge in [0.2, 0.25) is 0 Å². The van der Waals surface area contributed by atoms with E-state index >= 15 is 0 Å². The summed E-state index contributed by atoms with van der Waals surface area (Å²) in [7, 11) is 2.74. The number of methoxy groups -OCH3 is 2. The number of carbonyl (C=O) groups is 1. The molecule has 0 aliphatic carbocycles. The standard InChI is InChI=1S/C13H18N2O6/c1-20-11-7-9(13(17)14-5-3-4-6-16)10(15(18)19)8-12(11)21-2/h7-8,16H,3-6H2,1-2H3,(H,14,17). The first-order valence-electron chi connectivity index (χ1n) is 6.34. The van der Waals surface area contributed by atoms with Gasteiger partial charge in [-0.05, 0) is 12.8 Å². The maximum Gasteiger partial charge on any atom is 0.286 e. The van der Waals surface area contributed by atoms with Gasteiger partial charge in [0, 0.05) is 19.2 Å². The lowest BCUT2D eigenvalue weighted by molar-refractivity contribution is -0.385. The molecule has 0 spiro atoms. The van der Waals surface area contributed by atoms with Crippen LogP contribution in [-0.4, -0.2) is 43.3 Å². The summed E-state index contributed by atoms with van der Waals surface area (Å²) in [6.07, 6.45) is 1.14. The number of nitrogens with zero attached hydrogens (tertiary/aromatic N) is 1. The number of nitro benzene ring substituents is 1. The first kappa shape index (κ1) is 16.7. The zero-order valence-corrected chi connectivity index (χ0v) is 11.9. The van der Waals surface area contributed by atoms with E-state index < -0.39 is 10.8 Å². The number of carbonyl (C=O) groups excluding carboxylic acids is 1. The van der Waals surface area contributed by atoms with E-state index in [4.69, 9.17) is 14.6 Å². The first-order chi connectivity index (χ1) is 10.0. The lowest BCUT2D eigenvalue weighted by atomic mass is 10.1. The summed E-state index contributed by atoms with van der Waals surface area (Å²) in [6.45, 7) is 0.358. The van der Waals surface area contributed by atoms with E-state index in [9.17, 15) is 14.9 Å². The Labute approximate surface area is 121 Å². The van der Waals surface area contributed by atoms with Crippen molar-refractivity contribution in [1.29, 1.82) is 0 Å². The fourth-order valence-electron chi connectivity index (χ4n) is 1.74. The van der Waals surface area contributed by atoms with Crippen LogP contribution in [0.5, 0.6) is 11.5 Å². The summed E-state index contributed by atoms with van der Waals surface area (Å²) in [5.41, 5.74) is -0.450. The van der Waals surface area contributed by atoms with E-state index in [1.165, 1.54) is 20.3 Å². The van der Waals surface area contributed by atoms with Gasteiger partial charge >= 0.3 is 0 Å². The number of amides is 1. The third kappa shape index (κ3) is 4.32. The average molecular weight is 298 g/mol. The maximum absolute atomic E-state index is 12.0. The van der Waals surface area contributed by atoms with Gasteiger partial charge in [-0.3, -0.25) is 14.9 Å². The number of nitrogens with one attached hydrogen (secondary N) is 1. The topological polar surface area (TPSA) is 111 Å². The van der Waals surface area contributed by atoms with Gasteiger partial charge in [-0.15, -0.1) is 0 Å². The fraction of sp³-hybridized carbons (Fsp3) is 0.462. The van der Waals surface area contributed by atoms with Crippen LogP contribution >= 0.6 is 0 Å². The number of benzene rings is 1. The SMILES string of the molecule is COc1cc(C(=O)NCCCCO)c([N+](=O)[O-])cc1OC. The third-order valence-electron chi connectivity index (χ3n) is 2.81. The van der Waals surface area contributed by atoms with Crippen LogP contribution in [0.4, 0.5) is 5.69 Å². The van der Waals surface area contributed by atoms with Gasteiger partial charge in [-0.2, -0.15) is 0 Å². The monoisotopic (exact) mass is 298 g/mol. The van der Waals surface area contributed by atoms with Crippen molar-refractivity contribution in [2.75, 3.05) is 27.4 Å². The second kappa shape index (κ2) is 8.05. The van der Waals surface area contributed by atoms with Crippen molar-refractivity contribution < 1.29 is 24.3 Å². The smallest absolute Gasteiger partial charge is 0.286 e. The van der Waals surface area contributed by atoms with Crippen molar-refractivity contribution in [2.24, 2.45) is 0 Å². The lowest BCUT2D eigenvalue weighted by Gasteiger charge is -2.10. The van der Waals surface area contributed by atoms with Gasteiger partial charge in [-0.25, -0.2) is 0 Å². The molecular formula is C13H18N2O6. The Kier molecular flexibility index (Phi) is 6.41. The number of aliphatic hydroxyl groups excluding tert-OH is 1. The number of hydrogen-bond donors (Lipinski definition) is 2. The Morgan fingerprint density at radius 2 is 1.90 bits per heavy atom. The van der Waals surface area contributed by atoms with Crippen molar-refractivity contribution in [3.05, 3.63) is 27.8 Å². The van der Waals surface area contributed by atoms with Crippen LogP contribution < -0.4 is 14.8 Å². The van der Waals surface area contributed by atoms with Crippen LogP contribution in [0.1, 0.15) is 23.2 Å². The van der Waals surface area contributed by atoms with Crippen LogP contribution in [0, 0.1) is 10.1 Å².